The number of piperidine rings is 1. The maximum absolute atomic E-state index is 12.0. The van der Waals surface area contributed by atoms with E-state index in [0.717, 1.165) is 44.6 Å². The molecule has 170 valence electrons. The highest BCUT2D eigenvalue weighted by Gasteiger charge is 2.22. The molecule has 1 aromatic rings. The summed E-state index contributed by atoms with van der Waals surface area (Å²) >= 11 is 0. The Morgan fingerprint density at radius 3 is 2.71 bits per heavy atom. The third-order valence-corrected chi connectivity index (χ3v) is 5.83. The number of esters is 1. The molecule has 1 saturated heterocycles. The molecule has 0 saturated carbocycles. The molecule has 31 heavy (non-hydrogen) atoms. The minimum absolute atomic E-state index is 0.0814. The second kappa shape index (κ2) is 11.0. The summed E-state index contributed by atoms with van der Waals surface area (Å²) in [6, 6.07) is 6.19. The van der Waals surface area contributed by atoms with Crippen LogP contribution in [0.2, 0.25) is 0 Å². The summed E-state index contributed by atoms with van der Waals surface area (Å²) < 4.78 is 10.9. The number of nitrogens with two attached hydrogens (primary N) is 1. The summed E-state index contributed by atoms with van der Waals surface area (Å²) in [6.07, 6.45) is 2.82. The summed E-state index contributed by atoms with van der Waals surface area (Å²) in [5.41, 5.74) is 8.09. The number of hydrogen-bond donors (Lipinski definition) is 3. The Bertz CT molecular complexity index is 792. The van der Waals surface area contributed by atoms with Gasteiger partial charge in [0.1, 0.15) is 12.3 Å². The van der Waals surface area contributed by atoms with Gasteiger partial charge in [0.25, 0.3) is 0 Å². The molecule has 0 spiro atoms. The van der Waals surface area contributed by atoms with E-state index < -0.39 is 5.97 Å². The Morgan fingerprint density at radius 1 is 1.23 bits per heavy atom. The van der Waals surface area contributed by atoms with Gasteiger partial charge in [0, 0.05) is 13.1 Å². The van der Waals surface area contributed by atoms with E-state index in [1.807, 2.05) is 11.0 Å². The standard InChI is InChI=1S/C22H33N5O4/c1-2-30-21(29)12-25-20(28)14-26-8-5-16(6-9-26)15-31-19-4-3-17-7-10-27(22(23)24)13-18(17)11-19/h3-4,11,16H,2,5-10,12-15H2,1H3,(H3,23,24)(H,25,28). The lowest BCUT2D eigenvalue weighted by atomic mass is 9.97. The van der Waals surface area contributed by atoms with E-state index in [9.17, 15) is 9.59 Å². The van der Waals surface area contributed by atoms with E-state index >= 15 is 0 Å². The van der Waals surface area contributed by atoms with Crippen LogP contribution in [0, 0.1) is 11.3 Å². The number of benzene rings is 1. The molecule has 4 N–H and O–H groups in total. The molecular weight excluding hydrogens is 398 g/mol. The first-order valence-corrected chi connectivity index (χ1v) is 10.9. The van der Waals surface area contributed by atoms with Crippen molar-refractivity contribution in [1.29, 1.82) is 5.41 Å². The van der Waals surface area contributed by atoms with Crippen molar-refractivity contribution in [2.24, 2.45) is 11.7 Å². The first-order chi connectivity index (χ1) is 14.9. The Balaban J connectivity index is 1.38. The lowest BCUT2D eigenvalue weighted by molar-refractivity contribution is -0.143. The Hall–Kier alpha value is -2.81. The van der Waals surface area contributed by atoms with Crippen molar-refractivity contribution in [1.82, 2.24) is 15.1 Å². The number of fused-ring (bicyclic) bond motifs is 1. The number of carbonyl (C=O) groups excluding carboxylic acids is 2. The largest absolute Gasteiger partial charge is 0.493 e. The molecule has 1 amide bonds. The number of likely N-dealkylation sites (tertiary alicyclic amines) is 1. The average molecular weight is 432 g/mol. The number of hydrogen-bond acceptors (Lipinski definition) is 6. The summed E-state index contributed by atoms with van der Waals surface area (Å²) in [6.45, 7) is 6.01. The maximum Gasteiger partial charge on any atom is 0.325 e. The van der Waals surface area contributed by atoms with Crippen molar-refractivity contribution in [3.63, 3.8) is 0 Å². The molecule has 0 unspecified atom stereocenters. The van der Waals surface area contributed by atoms with Crippen molar-refractivity contribution < 1.29 is 19.1 Å². The van der Waals surface area contributed by atoms with Gasteiger partial charge in [-0.15, -0.1) is 0 Å². The highest BCUT2D eigenvalue weighted by molar-refractivity contribution is 5.83. The molecule has 2 heterocycles. The highest BCUT2D eigenvalue weighted by Crippen LogP contribution is 2.25. The van der Waals surface area contributed by atoms with Gasteiger partial charge in [-0.25, -0.2) is 0 Å². The molecular formula is C22H33N5O4. The highest BCUT2D eigenvalue weighted by atomic mass is 16.5. The molecule has 9 heteroatoms. The number of nitrogens with zero attached hydrogens (tertiary/aromatic N) is 2. The van der Waals surface area contributed by atoms with Crippen LogP contribution in [-0.2, 0) is 27.3 Å². The Kier molecular flexibility index (Phi) is 8.11. The molecule has 0 radical (unpaired) electrons. The van der Waals surface area contributed by atoms with E-state index in [1.54, 1.807) is 6.92 Å². The quantitative estimate of drug-likeness (QED) is 0.315. The SMILES string of the molecule is CCOC(=O)CNC(=O)CN1CCC(COc2ccc3c(c2)CN(C(=N)N)CC3)CC1. The normalized spacial score (nSPS) is 17.0. The van der Waals surface area contributed by atoms with Gasteiger partial charge in [-0.1, -0.05) is 6.07 Å². The van der Waals surface area contributed by atoms with Crippen LogP contribution in [-0.4, -0.2) is 73.6 Å². The molecule has 1 aromatic carbocycles. The third kappa shape index (κ3) is 6.85. The van der Waals surface area contributed by atoms with Crippen molar-refractivity contribution in [3.8, 4) is 5.75 Å². The second-order valence-electron chi connectivity index (χ2n) is 8.10. The molecule has 0 aliphatic carbocycles. The summed E-state index contributed by atoms with van der Waals surface area (Å²) in [5, 5.41) is 10.2. The van der Waals surface area contributed by atoms with Crippen LogP contribution in [0.1, 0.15) is 30.9 Å². The molecule has 0 bridgehead atoms. The second-order valence-corrected chi connectivity index (χ2v) is 8.10. The van der Waals surface area contributed by atoms with E-state index in [4.69, 9.17) is 20.6 Å². The average Bonchev–Trinajstić information content (AvgIpc) is 2.77. The number of rotatable bonds is 8. The minimum Gasteiger partial charge on any atom is -0.493 e. The van der Waals surface area contributed by atoms with E-state index in [2.05, 4.69) is 22.3 Å². The van der Waals surface area contributed by atoms with Crippen molar-refractivity contribution in [3.05, 3.63) is 29.3 Å². The molecule has 3 rings (SSSR count). The Morgan fingerprint density at radius 2 is 2.00 bits per heavy atom. The third-order valence-electron chi connectivity index (χ3n) is 5.83. The van der Waals surface area contributed by atoms with Gasteiger partial charge in [-0.05, 0) is 68.5 Å². The Labute approximate surface area is 183 Å². The number of ether oxygens (including phenoxy) is 2. The molecule has 2 aliphatic rings. The predicted octanol–water partition coefficient (Wildman–Crippen LogP) is 0.708. The van der Waals surface area contributed by atoms with Crippen LogP contribution in [0.4, 0.5) is 0 Å². The zero-order chi connectivity index (χ0) is 22.2. The maximum atomic E-state index is 12.0. The molecule has 0 atom stereocenters. The van der Waals surface area contributed by atoms with Gasteiger partial charge in [0.2, 0.25) is 5.91 Å². The molecule has 9 nitrogen and oxygen atoms in total. The van der Waals surface area contributed by atoms with Gasteiger partial charge in [-0.3, -0.25) is 19.9 Å². The smallest absolute Gasteiger partial charge is 0.325 e. The van der Waals surface area contributed by atoms with E-state index in [1.165, 1.54) is 11.1 Å². The number of guanidine groups is 1. The zero-order valence-corrected chi connectivity index (χ0v) is 18.2. The van der Waals surface area contributed by atoms with Crippen molar-refractivity contribution >= 4 is 17.8 Å². The number of carbonyl (C=O) groups is 2. The fourth-order valence-electron chi connectivity index (χ4n) is 4.00. The number of amides is 1. The van der Waals surface area contributed by atoms with Crippen molar-refractivity contribution in [2.75, 3.05) is 45.9 Å². The first kappa shape index (κ1) is 22.9. The van der Waals surface area contributed by atoms with Crippen LogP contribution < -0.4 is 15.8 Å². The zero-order valence-electron chi connectivity index (χ0n) is 18.2. The molecule has 2 aliphatic heterocycles. The summed E-state index contributed by atoms with van der Waals surface area (Å²) in [7, 11) is 0. The first-order valence-electron chi connectivity index (χ1n) is 10.9. The monoisotopic (exact) mass is 431 g/mol. The topological polar surface area (TPSA) is 121 Å². The van der Waals surface area contributed by atoms with Gasteiger partial charge >= 0.3 is 5.97 Å². The van der Waals surface area contributed by atoms with Crippen LogP contribution in [0.25, 0.3) is 0 Å². The van der Waals surface area contributed by atoms with Crippen LogP contribution in [0.5, 0.6) is 5.75 Å². The van der Waals surface area contributed by atoms with Crippen molar-refractivity contribution in [2.45, 2.75) is 32.7 Å². The van der Waals surface area contributed by atoms with E-state index in [0.29, 0.717) is 32.2 Å². The minimum atomic E-state index is -0.414. The van der Waals surface area contributed by atoms with Gasteiger partial charge in [-0.2, -0.15) is 0 Å². The molecule has 0 aromatic heterocycles. The molecule has 1 fully saturated rings. The van der Waals surface area contributed by atoms with Crippen LogP contribution in [0.3, 0.4) is 0 Å². The van der Waals surface area contributed by atoms with E-state index in [-0.39, 0.29) is 18.4 Å². The summed E-state index contributed by atoms with van der Waals surface area (Å²) in [5.74, 6) is 0.839. The fraction of sp³-hybridized carbons (Fsp3) is 0.591. The van der Waals surface area contributed by atoms with Crippen LogP contribution >= 0.6 is 0 Å². The van der Waals surface area contributed by atoms with Gasteiger partial charge in [0.15, 0.2) is 5.96 Å². The van der Waals surface area contributed by atoms with Crippen LogP contribution in [0.15, 0.2) is 18.2 Å². The fourth-order valence-corrected chi connectivity index (χ4v) is 4.00. The summed E-state index contributed by atoms with van der Waals surface area (Å²) in [4.78, 5) is 27.3. The predicted molar refractivity (Wildman–Crippen MR) is 117 cm³/mol. The lowest BCUT2D eigenvalue weighted by Crippen LogP contribution is -2.43. The number of nitrogens with one attached hydrogen (secondary N) is 2. The lowest BCUT2D eigenvalue weighted by Gasteiger charge is -2.31. The van der Waals surface area contributed by atoms with Gasteiger partial charge < -0.3 is 25.4 Å². The van der Waals surface area contributed by atoms with Gasteiger partial charge in [0.05, 0.1) is 19.8 Å².